The monoisotopic (exact) mass is 171 g/mol. The first kappa shape index (κ1) is 7.84. The Morgan fingerprint density at radius 3 is 2.92 bits per heavy atom. The second kappa shape index (κ2) is 2.92. The number of rotatable bonds is 1. The quantitative estimate of drug-likeness (QED) is 0.616. The molecule has 2 aromatic rings. The van der Waals surface area contributed by atoms with Crippen LogP contribution in [-0.4, -0.2) is 4.98 Å². The summed E-state index contributed by atoms with van der Waals surface area (Å²) in [5.74, 6) is 0.594. The van der Waals surface area contributed by atoms with Gasteiger partial charge >= 0.3 is 0 Å². The second-order valence-corrected chi connectivity index (χ2v) is 2.79. The zero-order chi connectivity index (χ0) is 9.26. The van der Waals surface area contributed by atoms with Gasteiger partial charge in [-0.05, 0) is 19.1 Å². The summed E-state index contributed by atoms with van der Waals surface area (Å²) in [6, 6.07) is 7.66. The molecule has 1 aromatic carbocycles. The lowest BCUT2D eigenvalue weighted by Gasteiger charge is -1.85. The largest absolute Gasteiger partial charge is 0.436 e. The van der Waals surface area contributed by atoms with E-state index in [0.717, 1.165) is 16.7 Å². The first-order chi connectivity index (χ1) is 6.31. The first-order valence-corrected chi connectivity index (χ1v) is 4.04. The molecular formula is C11H9NO. The van der Waals surface area contributed by atoms with Crippen molar-refractivity contribution in [1.29, 1.82) is 0 Å². The number of fused-ring (bicyclic) bond motifs is 1. The van der Waals surface area contributed by atoms with Crippen molar-refractivity contribution in [3.8, 4) is 0 Å². The number of hydrogen-bond donors (Lipinski definition) is 0. The van der Waals surface area contributed by atoms with E-state index in [1.54, 1.807) is 0 Å². The maximum atomic E-state index is 5.47. The van der Waals surface area contributed by atoms with Crippen molar-refractivity contribution in [2.24, 2.45) is 0 Å². The van der Waals surface area contributed by atoms with Gasteiger partial charge in [-0.1, -0.05) is 18.7 Å². The van der Waals surface area contributed by atoms with Crippen LogP contribution in [0.1, 0.15) is 12.8 Å². The molecule has 0 atom stereocenters. The summed E-state index contributed by atoms with van der Waals surface area (Å²) in [7, 11) is 0. The molecular weight excluding hydrogens is 162 g/mol. The normalized spacial score (nSPS) is 9.92. The Morgan fingerprint density at radius 1 is 1.46 bits per heavy atom. The maximum Gasteiger partial charge on any atom is 0.230 e. The third-order valence-electron chi connectivity index (χ3n) is 1.88. The van der Waals surface area contributed by atoms with Crippen LogP contribution in [0.2, 0.25) is 0 Å². The highest BCUT2D eigenvalue weighted by Crippen LogP contribution is 2.19. The average molecular weight is 171 g/mol. The van der Waals surface area contributed by atoms with Crippen LogP contribution in [0.25, 0.3) is 16.7 Å². The summed E-state index contributed by atoms with van der Waals surface area (Å²) >= 11 is 0. The van der Waals surface area contributed by atoms with Crippen molar-refractivity contribution in [2.45, 2.75) is 6.92 Å². The van der Waals surface area contributed by atoms with E-state index in [-0.39, 0.29) is 0 Å². The Hall–Kier alpha value is -1.79. The zero-order valence-corrected chi connectivity index (χ0v) is 7.37. The topological polar surface area (TPSA) is 26.0 Å². The van der Waals surface area contributed by atoms with Crippen molar-refractivity contribution in [2.75, 3.05) is 0 Å². The van der Waals surface area contributed by atoms with Gasteiger partial charge in [-0.25, -0.2) is 4.98 Å². The van der Waals surface area contributed by atoms with Gasteiger partial charge in [-0.15, -0.1) is 5.73 Å². The van der Waals surface area contributed by atoms with E-state index in [0.29, 0.717) is 5.89 Å². The predicted octanol–water partition coefficient (Wildman–Crippen LogP) is 3.02. The molecule has 0 fully saturated rings. The van der Waals surface area contributed by atoms with Crippen LogP contribution in [0.5, 0.6) is 0 Å². The Bertz CT molecular complexity index is 457. The minimum absolute atomic E-state index is 0.594. The summed E-state index contributed by atoms with van der Waals surface area (Å²) < 4.78 is 5.47. The number of para-hydroxylation sites is 2. The SMILES string of the molecule is C=C=C(C)c1nc2ccccc2o1. The fourth-order valence-electron chi connectivity index (χ4n) is 1.11. The van der Waals surface area contributed by atoms with Gasteiger partial charge in [-0.2, -0.15) is 0 Å². The molecule has 2 nitrogen and oxygen atoms in total. The molecule has 13 heavy (non-hydrogen) atoms. The van der Waals surface area contributed by atoms with Gasteiger partial charge in [0.1, 0.15) is 5.52 Å². The van der Waals surface area contributed by atoms with Crippen molar-refractivity contribution in [3.05, 3.63) is 42.5 Å². The number of oxazole rings is 1. The van der Waals surface area contributed by atoms with Crippen LogP contribution in [0.15, 0.2) is 41.0 Å². The van der Waals surface area contributed by atoms with E-state index in [1.807, 2.05) is 31.2 Å². The number of aromatic nitrogens is 1. The van der Waals surface area contributed by atoms with Crippen LogP contribution < -0.4 is 0 Å². The average Bonchev–Trinajstić information content (AvgIpc) is 2.59. The first-order valence-electron chi connectivity index (χ1n) is 4.04. The highest BCUT2D eigenvalue weighted by molar-refractivity contribution is 5.75. The highest BCUT2D eigenvalue weighted by Gasteiger charge is 2.04. The minimum atomic E-state index is 0.594. The smallest absolute Gasteiger partial charge is 0.230 e. The molecule has 1 heterocycles. The third-order valence-corrected chi connectivity index (χ3v) is 1.88. The fourth-order valence-corrected chi connectivity index (χ4v) is 1.11. The van der Waals surface area contributed by atoms with E-state index in [4.69, 9.17) is 4.42 Å². The van der Waals surface area contributed by atoms with Crippen molar-refractivity contribution in [1.82, 2.24) is 4.98 Å². The van der Waals surface area contributed by atoms with Crippen LogP contribution in [0.3, 0.4) is 0 Å². The molecule has 0 N–H and O–H groups in total. The second-order valence-electron chi connectivity index (χ2n) is 2.79. The molecule has 64 valence electrons. The van der Waals surface area contributed by atoms with Gasteiger partial charge in [0.05, 0.1) is 5.57 Å². The lowest BCUT2D eigenvalue weighted by Crippen LogP contribution is -1.74. The van der Waals surface area contributed by atoms with Crippen LogP contribution >= 0.6 is 0 Å². The molecule has 0 radical (unpaired) electrons. The number of benzene rings is 1. The molecule has 2 heteroatoms. The van der Waals surface area contributed by atoms with Crippen LogP contribution in [-0.2, 0) is 0 Å². The Balaban J connectivity index is 2.69. The lowest BCUT2D eigenvalue weighted by atomic mass is 10.3. The molecule has 1 aromatic heterocycles. The van der Waals surface area contributed by atoms with Gasteiger partial charge in [0, 0.05) is 0 Å². The van der Waals surface area contributed by atoms with Crippen molar-refractivity contribution >= 4 is 16.7 Å². The Labute approximate surface area is 76.2 Å². The predicted molar refractivity (Wildman–Crippen MR) is 52.2 cm³/mol. The number of nitrogens with zero attached hydrogens (tertiary/aromatic N) is 1. The van der Waals surface area contributed by atoms with E-state index in [9.17, 15) is 0 Å². The van der Waals surface area contributed by atoms with Crippen molar-refractivity contribution < 1.29 is 4.42 Å². The van der Waals surface area contributed by atoms with Gasteiger partial charge in [-0.3, -0.25) is 0 Å². The van der Waals surface area contributed by atoms with Crippen LogP contribution in [0.4, 0.5) is 0 Å². The molecule has 0 saturated heterocycles. The molecule has 2 rings (SSSR count). The van der Waals surface area contributed by atoms with Gasteiger partial charge in [0.2, 0.25) is 5.89 Å². The van der Waals surface area contributed by atoms with Crippen LogP contribution in [0, 0.1) is 0 Å². The Kier molecular flexibility index (Phi) is 1.76. The van der Waals surface area contributed by atoms with E-state index < -0.39 is 0 Å². The lowest BCUT2D eigenvalue weighted by molar-refractivity contribution is 0.584. The van der Waals surface area contributed by atoms with Gasteiger partial charge in [0.25, 0.3) is 0 Å². The Morgan fingerprint density at radius 2 is 2.23 bits per heavy atom. The maximum absolute atomic E-state index is 5.47. The van der Waals surface area contributed by atoms with Gasteiger partial charge < -0.3 is 4.42 Å². The summed E-state index contributed by atoms with van der Waals surface area (Å²) in [6.07, 6.45) is 0. The molecule has 0 saturated carbocycles. The zero-order valence-electron chi connectivity index (χ0n) is 7.37. The molecule has 0 amide bonds. The van der Waals surface area contributed by atoms with E-state index >= 15 is 0 Å². The number of hydrogen-bond acceptors (Lipinski definition) is 2. The molecule has 0 spiro atoms. The standard InChI is InChI=1S/C11H9NO/c1-3-8(2)11-12-9-6-4-5-7-10(9)13-11/h4-7H,1H2,2H3. The molecule has 0 aliphatic carbocycles. The van der Waals surface area contributed by atoms with E-state index in [1.165, 1.54) is 0 Å². The molecule has 0 aliphatic rings. The summed E-state index contributed by atoms with van der Waals surface area (Å²) in [5.41, 5.74) is 5.25. The summed E-state index contributed by atoms with van der Waals surface area (Å²) in [5, 5.41) is 0. The molecule has 0 aliphatic heterocycles. The highest BCUT2D eigenvalue weighted by atomic mass is 16.3. The molecule has 0 unspecified atom stereocenters. The molecule has 0 bridgehead atoms. The fraction of sp³-hybridized carbons (Fsp3) is 0.0909. The summed E-state index contributed by atoms with van der Waals surface area (Å²) in [4.78, 5) is 4.28. The van der Waals surface area contributed by atoms with Gasteiger partial charge in [0.15, 0.2) is 5.58 Å². The minimum Gasteiger partial charge on any atom is -0.436 e. The van der Waals surface area contributed by atoms with Crippen molar-refractivity contribution in [3.63, 3.8) is 0 Å². The third kappa shape index (κ3) is 1.28. The van der Waals surface area contributed by atoms with E-state index in [2.05, 4.69) is 17.3 Å². The number of allylic oxidation sites excluding steroid dienone is 1. The summed E-state index contributed by atoms with van der Waals surface area (Å²) in [6.45, 7) is 5.42.